The molecule has 21 heavy (non-hydrogen) atoms. The lowest BCUT2D eigenvalue weighted by atomic mass is 9.85. The molecular formula is C17H28N4. The lowest BCUT2D eigenvalue weighted by Gasteiger charge is -2.25. The monoisotopic (exact) mass is 288 g/mol. The van der Waals surface area contributed by atoms with Crippen LogP contribution in [-0.2, 0) is 6.54 Å². The highest BCUT2D eigenvalue weighted by atomic mass is 15.0. The Bertz CT molecular complexity index is 452. The highest BCUT2D eigenvalue weighted by Crippen LogP contribution is 2.27. The Morgan fingerprint density at radius 1 is 1.29 bits per heavy atom. The zero-order chi connectivity index (χ0) is 15.1. The third-order valence-corrected chi connectivity index (χ3v) is 4.34. The minimum absolute atomic E-state index is 0.0160. The van der Waals surface area contributed by atoms with Gasteiger partial charge in [0.15, 0.2) is 5.96 Å². The van der Waals surface area contributed by atoms with Crippen molar-refractivity contribution in [2.75, 3.05) is 5.32 Å². The minimum atomic E-state index is -0.0160. The normalized spacial score (nSPS) is 17.4. The summed E-state index contributed by atoms with van der Waals surface area (Å²) in [4.78, 5) is 0. The average molecular weight is 288 g/mol. The van der Waals surface area contributed by atoms with Crippen LogP contribution in [0.15, 0.2) is 24.3 Å². The molecule has 0 radical (unpaired) electrons. The number of benzene rings is 1. The Hall–Kier alpha value is -1.55. The fourth-order valence-corrected chi connectivity index (χ4v) is 3.23. The van der Waals surface area contributed by atoms with Gasteiger partial charge in [0.25, 0.3) is 0 Å². The summed E-state index contributed by atoms with van der Waals surface area (Å²) in [7, 11) is 0. The van der Waals surface area contributed by atoms with Crippen LogP contribution in [0.2, 0.25) is 0 Å². The molecule has 0 aliphatic heterocycles. The van der Waals surface area contributed by atoms with E-state index in [1.807, 2.05) is 18.2 Å². The zero-order valence-corrected chi connectivity index (χ0v) is 13.0. The SMILES string of the molecule is CC(CC1CCCCC1)NCc1ccccc1NC(=N)N. The molecule has 1 aliphatic carbocycles. The summed E-state index contributed by atoms with van der Waals surface area (Å²) < 4.78 is 0. The van der Waals surface area contributed by atoms with Crippen LogP contribution in [0.3, 0.4) is 0 Å². The van der Waals surface area contributed by atoms with Gasteiger partial charge in [-0.1, -0.05) is 50.3 Å². The molecule has 1 aromatic carbocycles. The van der Waals surface area contributed by atoms with Gasteiger partial charge in [-0.15, -0.1) is 0 Å². The van der Waals surface area contributed by atoms with Crippen molar-refractivity contribution < 1.29 is 0 Å². The van der Waals surface area contributed by atoms with E-state index in [-0.39, 0.29) is 5.96 Å². The molecule has 0 saturated heterocycles. The first-order valence-corrected chi connectivity index (χ1v) is 8.07. The molecule has 0 heterocycles. The number of hydrogen-bond acceptors (Lipinski definition) is 2. The summed E-state index contributed by atoms with van der Waals surface area (Å²) in [5, 5.41) is 13.9. The molecule has 4 heteroatoms. The number of anilines is 1. The maximum atomic E-state index is 7.36. The van der Waals surface area contributed by atoms with E-state index in [1.54, 1.807) is 0 Å². The molecule has 2 rings (SSSR count). The number of para-hydroxylation sites is 1. The molecule has 116 valence electrons. The Balaban J connectivity index is 1.82. The largest absolute Gasteiger partial charge is 0.370 e. The smallest absolute Gasteiger partial charge is 0.190 e. The second-order valence-electron chi connectivity index (χ2n) is 6.22. The van der Waals surface area contributed by atoms with Crippen molar-refractivity contribution in [3.63, 3.8) is 0 Å². The van der Waals surface area contributed by atoms with Crippen LogP contribution < -0.4 is 16.4 Å². The number of guanidine groups is 1. The Labute approximate surface area is 128 Å². The molecule has 4 nitrogen and oxygen atoms in total. The van der Waals surface area contributed by atoms with E-state index in [1.165, 1.54) is 38.5 Å². The summed E-state index contributed by atoms with van der Waals surface area (Å²) in [6.45, 7) is 3.08. The highest BCUT2D eigenvalue weighted by molar-refractivity contribution is 5.90. The van der Waals surface area contributed by atoms with E-state index >= 15 is 0 Å². The molecular weight excluding hydrogens is 260 g/mol. The van der Waals surface area contributed by atoms with Gasteiger partial charge in [-0.25, -0.2) is 0 Å². The van der Waals surface area contributed by atoms with Gasteiger partial charge in [-0.2, -0.15) is 0 Å². The molecule has 1 aliphatic rings. The van der Waals surface area contributed by atoms with E-state index in [9.17, 15) is 0 Å². The Morgan fingerprint density at radius 3 is 2.71 bits per heavy atom. The summed E-state index contributed by atoms with van der Waals surface area (Å²) in [5.74, 6) is 0.879. The van der Waals surface area contributed by atoms with Gasteiger partial charge >= 0.3 is 0 Å². The van der Waals surface area contributed by atoms with Crippen molar-refractivity contribution in [2.24, 2.45) is 11.7 Å². The van der Waals surface area contributed by atoms with Crippen LogP contribution in [0.25, 0.3) is 0 Å². The van der Waals surface area contributed by atoms with Crippen molar-refractivity contribution >= 4 is 11.6 Å². The summed E-state index contributed by atoms with van der Waals surface area (Å²) in [6.07, 6.45) is 8.29. The first kappa shape index (κ1) is 15.8. The lowest BCUT2D eigenvalue weighted by Crippen LogP contribution is -2.29. The maximum Gasteiger partial charge on any atom is 0.190 e. The van der Waals surface area contributed by atoms with Crippen LogP contribution in [0.1, 0.15) is 51.0 Å². The number of nitrogens with two attached hydrogens (primary N) is 1. The molecule has 1 atom stereocenters. The Kier molecular flexibility index (Phi) is 6.05. The van der Waals surface area contributed by atoms with Crippen LogP contribution in [0.4, 0.5) is 5.69 Å². The van der Waals surface area contributed by atoms with Gasteiger partial charge in [0.1, 0.15) is 0 Å². The quantitative estimate of drug-likeness (QED) is 0.478. The highest BCUT2D eigenvalue weighted by Gasteiger charge is 2.16. The fraction of sp³-hybridized carbons (Fsp3) is 0.588. The summed E-state index contributed by atoms with van der Waals surface area (Å²) >= 11 is 0. The van der Waals surface area contributed by atoms with Crippen LogP contribution in [0, 0.1) is 11.3 Å². The number of hydrogen-bond donors (Lipinski definition) is 4. The Morgan fingerprint density at radius 2 is 2.00 bits per heavy atom. The van der Waals surface area contributed by atoms with Crippen molar-refractivity contribution in [1.82, 2.24) is 5.32 Å². The van der Waals surface area contributed by atoms with Crippen molar-refractivity contribution in [3.8, 4) is 0 Å². The third-order valence-electron chi connectivity index (χ3n) is 4.34. The number of rotatable bonds is 6. The third kappa shape index (κ3) is 5.38. The van der Waals surface area contributed by atoms with Crippen molar-refractivity contribution in [3.05, 3.63) is 29.8 Å². The first-order valence-electron chi connectivity index (χ1n) is 8.07. The molecule has 5 N–H and O–H groups in total. The molecule has 1 unspecified atom stereocenters. The van der Waals surface area contributed by atoms with Crippen LogP contribution >= 0.6 is 0 Å². The minimum Gasteiger partial charge on any atom is -0.370 e. The van der Waals surface area contributed by atoms with Gasteiger partial charge in [-0.05, 0) is 30.9 Å². The standard InChI is InChI=1S/C17H28N4/c1-13(11-14-7-3-2-4-8-14)20-12-15-9-5-6-10-16(15)21-17(18)19/h5-6,9-10,13-14,20H,2-4,7-8,11-12H2,1H3,(H4,18,19,21). The second-order valence-corrected chi connectivity index (χ2v) is 6.22. The zero-order valence-electron chi connectivity index (χ0n) is 13.0. The topological polar surface area (TPSA) is 73.9 Å². The van der Waals surface area contributed by atoms with Gasteiger partial charge < -0.3 is 16.4 Å². The van der Waals surface area contributed by atoms with Crippen molar-refractivity contribution in [2.45, 2.75) is 58.0 Å². The lowest BCUT2D eigenvalue weighted by molar-refractivity contribution is 0.305. The van der Waals surface area contributed by atoms with E-state index in [2.05, 4.69) is 23.6 Å². The van der Waals surface area contributed by atoms with Gasteiger partial charge in [0.2, 0.25) is 0 Å². The predicted octanol–water partition coefficient (Wildman–Crippen LogP) is 3.44. The second kappa shape index (κ2) is 8.03. The van der Waals surface area contributed by atoms with E-state index < -0.39 is 0 Å². The number of nitrogens with one attached hydrogen (secondary N) is 3. The molecule has 0 aromatic heterocycles. The van der Waals surface area contributed by atoms with Gasteiger partial charge in [-0.3, -0.25) is 5.41 Å². The van der Waals surface area contributed by atoms with Gasteiger partial charge in [0.05, 0.1) is 0 Å². The molecule has 0 amide bonds. The van der Waals surface area contributed by atoms with Crippen molar-refractivity contribution in [1.29, 1.82) is 5.41 Å². The van der Waals surface area contributed by atoms with E-state index in [0.29, 0.717) is 6.04 Å². The van der Waals surface area contributed by atoms with E-state index in [4.69, 9.17) is 11.1 Å². The molecule has 1 aromatic rings. The average Bonchev–Trinajstić information content (AvgIpc) is 2.47. The fourth-order valence-electron chi connectivity index (χ4n) is 3.23. The maximum absolute atomic E-state index is 7.36. The van der Waals surface area contributed by atoms with Gasteiger partial charge in [0, 0.05) is 18.3 Å². The molecule has 1 saturated carbocycles. The predicted molar refractivity (Wildman–Crippen MR) is 89.5 cm³/mol. The first-order chi connectivity index (χ1) is 10.1. The molecule has 0 bridgehead atoms. The van der Waals surface area contributed by atoms with Crippen LogP contribution in [0.5, 0.6) is 0 Å². The van der Waals surface area contributed by atoms with E-state index in [0.717, 1.165) is 23.7 Å². The molecule has 1 fully saturated rings. The summed E-state index contributed by atoms with van der Waals surface area (Å²) in [5.41, 5.74) is 7.50. The van der Waals surface area contributed by atoms with Crippen LogP contribution in [-0.4, -0.2) is 12.0 Å². The summed E-state index contributed by atoms with van der Waals surface area (Å²) in [6, 6.07) is 8.54. The molecule has 0 spiro atoms.